The van der Waals surface area contributed by atoms with Crippen LogP contribution in [0.15, 0.2) is 102 Å². The van der Waals surface area contributed by atoms with E-state index < -0.39 is 11.8 Å². The van der Waals surface area contributed by atoms with Gasteiger partial charge >= 0.3 is 0 Å². The first-order valence-electron chi connectivity index (χ1n) is 13.1. The van der Waals surface area contributed by atoms with Gasteiger partial charge in [0, 0.05) is 37.4 Å². The van der Waals surface area contributed by atoms with E-state index in [9.17, 15) is 14.4 Å². The van der Waals surface area contributed by atoms with Crippen LogP contribution in [0.3, 0.4) is 0 Å². The summed E-state index contributed by atoms with van der Waals surface area (Å²) in [4.78, 5) is 39.9. The Kier molecular flexibility index (Phi) is 10.5. The van der Waals surface area contributed by atoms with Crippen LogP contribution < -0.4 is 16.0 Å². The Balaban J connectivity index is 1.46. The maximum Gasteiger partial charge on any atom is 0.272 e. The fourth-order valence-electron chi connectivity index (χ4n) is 3.93. The molecule has 42 heavy (non-hydrogen) atoms. The molecule has 0 saturated carbocycles. The van der Waals surface area contributed by atoms with Crippen LogP contribution in [-0.2, 0) is 9.59 Å². The Morgan fingerprint density at radius 3 is 2.10 bits per heavy atom. The van der Waals surface area contributed by atoms with Gasteiger partial charge < -0.3 is 16.0 Å². The molecular formula is C33H29Cl2N3O3S. The van der Waals surface area contributed by atoms with Crippen LogP contribution in [0, 0.1) is 13.8 Å². The van der Waals surface area contributed by atoms with Crippen LogP contribution in [0.4, 0.5) is 11.4 Å². The minimum absolute atomic E-state index is 0.0333. The highest BCUT2D eigenvalue weighted by Gasteiger charge is 2.18. The summed E-state index contributed by atoms with van der Waals surface area (Å²) in [5.74, 6) is -1.12. The molecule has 0 radical (unpaired) electrons. The van der Waals surface area contributed by atoms with Crippen molar-refractivity contribution >= 4 is 70.1 Å². The topological polar surface area (TPSA) is 87.3 Å². The maximum absolute atomic E-state index is 13.3. The van der Waals surface area contributed by atoms with Crippen molar-refractivity contribution in [3.63, 3.8) is 0 Å². The van der Waals surface area contributed by atoms with Crippen molar-refractivity contribution in [1.82, 2.24) is 5.32 Å². The predicted molar refractivity (Wildman–Crippen MR) is 173 cm³/mol. The number of hydrogen-bond donors (Lipinski definition) is 3. The number of carbonyl (C=O) groups is 3. The van der Waals surface area contributed by atoms with Gasteiger partial charge in [-0.15, -0.1) is 11.8 Å². The van der Waals surface area contributed by atoms with Gasteiger partial charge in [-0.25, -0.2) is 0 Å². The van der Waals surface area contributed by atoms with Gasteiger partial charge in [-0.3, -0.25) is 14.4 Å². The summed E-state index contributed by atoms with van der Waals surface area (Å²) >= 11 is 14.1. The fraction of sp³-hybridized carbons (Fsp3) is 0.121. The maximum atomic E-state index is 13.3. The molecule has 9 heteroatoms. The van der Waals surface area contributed by atoms with Crippen molar-refractivity contribution in [2.75, 3.05) is 10.6 Å². The number of anilines is 2. The van der Waals surface area contributed by atoms with Crippen LogP contribution in [0.5, 0.6) is 0 Å². The average molecular weight is 619 g/mol. The zero-order chi connectivity index (χ0) is 30.2. The highest BCUT2D eigenvalue weighted by molar-refractivity contribution is 8.00. The Morgan fingerprint density at radius 2 is 1.43 bits per heavy atom. The van der Waals surface area contributed by atoms with E-state index in [1.165, 1.54) is 17.8 Å². The van der Waals surface area contributed by atoms with Crippen LogP contribution in [0.25, 0.3) is 6.08 Å². The van der Waals surface area contributed by atoms with Gasteiger partial charge in [0.25, 0.3) is 11.8 Å². The van der Waals surface area contributed by atoms with E-state index in [0.29, 0.717) is 26.9 Å². The molecule has 0 spiro atoms. The van der Waals surface area contributed by atoms with Gasteiger partial charge in [0.05, 0.1) is 5.25 Å². The van der Waals surface area contributed by atoms with Crippen molar-refractivity contribution < 1.29 is 14.4 Å². The van der Waals surface area contributed by atoms with Crippen LogP contribution in [0.1, 0.15) is 34.0 Å². The largest absolute Gasteiger partial charge is 0.325 e. The number of rotatable bonds is 9. The molecule has 0 heterocycles. The van der Waals surface area contributed by atoms with Crippen molar-refractivity contribution in [2.24, 2.45) is 0 Å². The first kappa shape index (κ1) is 30.9. The molecule has 214 valence electrons. The first-order valence-corrected chi connectivity index (χ1v) is 14.7. The minimum atomic E-state index is -0.558. The highest BCUT2D eigenvalue weighted by atomic mass is 35.5. The third kappa shape index (κ3) is 8.03. The Bertz CT molecular complexity index is 1620. The van der Waals surface area contributed by atoms with E-state index in [1.54, 1.807) is 60.7 Å². The van der Waals surface area contributed by atoms with E-state index in [4.69, 9.17) is 23.2 Å². The highest BCUT2D eigenvalue weighted by Crippen LogP contribution is 2.28. The second-order valence-corrected chi connectivity index (χ2v) is 11.7. The fourth-order valence-corrected chi connectivity index (χ4v) is 5.30. The molecule has 0 bridgehead atoms. The monoisotopic (exact) mass is 617 g/mol. The number of thioether (sulfide) groups is 1. The number of hydrogen-bond acceptors (Lipinski definition) is 4. The predicted octanol–water partition coefficient (Wildman–Crippen LogP) is 8.14. The second kappa shape index (κ2) is 14.2. The zero-order valence-corrected chi connectivity index (χ0v) is 25.5. The zero-order valence-electron chi connectivity index (χ0n) is 23.2. The third-order valence-corrected chi connectivity index (χ3v) is 8.25. The average Bonchev–Trinajstić information content (AvgIpc) is 2.98. The lowest BCUT2D eigenvalue weighted by Gasteiger charge is -2.15. The Labute approximate surface area is 259 Å². The molecule has 0 saturated heterocycles. The van der Waals surface area contributed by atoms with Crippen molar-refractivity contribution in [3.05, 3.63) is 129 Å². The summed E-state index contributed by atoms with van der Waals surface area (Å²) in [6, 6.07) is 26.4. The number of nitrogens with one attached hydrogen (secondary N) is 3. The van der Waals surface area contributed by atoms with Crippen LogP contribution >= 0.6 is 35.0 Å². The molecule has 0 aliphatic heterocycles. The lowest BCUT2D eigenvalue weighted by molar-refractivity contribution is -0.115. The number of aryl methyl sites for hydroxylation is 1. The molecule has 3 N–H and O–H groups in total. The molecule has 1 unspecified atom stereocenters. The number of halogens is 2. The molecular weight excluding hydrogens is 589 g/mol. The van der Waals surface area contributed by atoms with Gasteiger partial charge in [0.1, 0.15) is 5.70 Å². The van der Waals surface area contributed by atoms with Gasteiger partial charge in [0.2, 0.25) is 5.91 Å². The molecule has 0 aromatic heterocycles. The second-order valence-electron chi connectivity index (χ2n) is 9.49. The summed E-state index contributed by atoms with van der Waals surface area (Å²) in [7, 11) is 0. The lowest BCUT2D eigenvalue weighted by Crippen LogP contribution is -2.30. The Morgan fingerprint density at radius 1 is 0.786 bits per heavy atom. The molecule has 0 fully saturated rings. The standard InChI is InChI=1S/C33H29Cl2N3O3S/c1-20-9-7-14-29(21(20)2)37-31(39)22(3)42-25-17-15-24(16-18-25)36-33(41)30(19-26-27(34)12-8-13-28(26)35)38-32(40)23-10-5-4-6-11-23/h4-19,22H,1-3H3,(H,36,41)(H,37,39)(H,38,40)/b30-19-. The number of amides is 3. The van der Waals surface area contributed by atoms with E-state index in [1.807, 2.05) is 51.1 Å². The number of carbonyl (C=O) groups excluding carboxylic acids is 3. The molecule has 6 nitrogen and oxygen atoms in total. The summed E-state index contributed by atoms with van der Waals surface area (Å²) in [5.41, 5.74) is 4.20. The quantitative estimate of drug-likeness (QED) is 0.131. The van der Waals surface area contributed by atoms with Gasteiger partial charge in [0.15, 0.2) is 0 Å². The molecule has 0 aliphatic carbocycles. The van der Waals surface area contributed by atoms with Crippen LogP contribution in [0.2, 0.25) is 10.0 Å². The Hall–Kier alpha value is -4.04. The van der Waals surface area contributed by atoms with Gasteiger partial charge in [-0.2, -0.15) is 0 Å². The van der Waals surface area contributed by atoms with Crippen molar-refractivity contribution in [3.8, 4) is 0 Å². The van der Waals surface area contributed by atoms with Crippen molar-refractivity contribution in [1.29, 1.82) is 0 Å². The summed E-state index contributed by atoms with van der Waals surface area (Å²) < 4.78 is 0. The van der Waals surface area contributed by atoms with Crippen molar-refractivity contribution in [2.45, 2.75) is 30.9 Å². The third-order valence-electron chi connectivity index (χ3n) is 6.47. The number of benzene rings is 4. The summed E-state index contributed by atoms with van der Waals surface area (Å²) in [5, 5.41) is 8.80. The lowest BCUT2D eigenvalue weighted by atomic mass is 10.1. The van der Waals surface area contributed by atoms with E-state index in [2.05, 4.69) is 16.0 Å². The minimum Gasteiger partial charge on any atom is -0.325 e. The SMILES string of the molecule is Cc1cccc(NC(=O)C(C)Sc2ccc(NC(=O)/C(=C/c3c(Cl)cccc3Cl)NC(=O)c3ccccc3)cc2)c1C. The van der Waals surface area contributed by atoms with Crippen LogP contribution in [-0.4, -0.2) is 23.0 Å². The van der Waals surface area contributed by atoms with Gasteiger partial charge in [-0.1, -0.05) is 59.6 Å². The molecule has 0 aliphatic rings. The normalized spacial score (nSPS) is 11.9. The molecule has 1 atom stereocenters. The van der Waals surface area contributed by atoms with E-state index >= 15 is 0 Å². The summed E-state index contributed by atoms with van der Waals surface area (Å²) in [6.45, 7) is 5.82. The molecule has 4 aromatic rings. The summed E-state index contributed by atoms with van der Waals surface area (Å²) in [6.07, 6.45) is 1.45. The molecule has 4 rings (SSSR count). The van der Waals surface area contributed by atoms with E-state index in [-0.39, 0.29) is 16.9 Å². The van der Waals surface area contributed by atoms with Gasteiger partial charge in [-0.05, 0) is 92.6 Å². The van der Waals surface area contributed by atoms with E-state index in [0.717, 1.165) is 21.7 Å². The molecule has 3 amide bonds. The first-order chi connectivity index (χ1) is 20.1. The smallest absolute Gasteiger partial charge is 0.272 e. The molecule has 4 aromatic carbocycles.